The van der Waals surface area contributed by atoms with Crippen LogP contribution in [0.4, 0.5) is 0 Å². The van der Waals surface area contributed by atoms with Gasteiger partial charge in [0.2, 0.25) is 5.90 Å². The lowest BCUT2D eigenvalue weighted by molar-refractivity contribution is 0.524. The molecule has 0 atom stereocenters. The number of halogens is 1. The van der Waals surface area contributed by atoms with Crippen molar-refractivity contribution in [3.63, 3.8) is 0 Å². The fraction of sp³-hybridized carbons (Fsp3) is 0.0455. The van der Waals surface area contributed by atoms with Crippen LogP contribution in [0.25, 0.3) is 9.34 Å². The Bertz CT molecular complexity index is 946. The van der Waals surface area contributed by atoms with Crippen molar-refractivity contribution in [2.24, 2.45) is 4.99 Å². The summed E-state index contributed by atoms with van der Waals surface area (Å²) in [5.41, 5.74) is 4.48. The van der Waals surface area contributed by atoms with Gasteiger partial charge in [-0.2, -0.15) is 0 Å². The first-order chi connectivity index (χ1) is 12.3. The van der Waals surface area contributed by atoms with Crippen LogP contribution in [0.2, 0.25) is 0 Å². The minimum absolute atomic E-state index is 0.611. The van der Waals surface area contributed by atoms with Crippen molar-refractivity contribution in [2.75, 3.05) is 0 Å². The zero-order valence-electron chi connectivity index (χ0n) is 13.5. The van der Waals surface area contributed by atoms with Crippen LogP contribution < -0.4 is 0 Å². The third kappa shape index (κ3) is 3.37. The maximum Gasteiger partial charge on any atom is 0.223 e. The molecule has 0 spiro atoms. The van der Waals surface area contributed by atoms with Crippen molar-refractivity contribution in [1.29, 1.82) is 0 Å². The number of nitrogens with zero attached hydrogens (tertiary/aromatic N) is 1. The molecule has 0 aromatic heterocycles. The fourth-order valence-corrected chi connectivity index (χ4v) is 3.58. The van der Waals surface area contributed by atoms with E-state index in [0.717, 1.165) is 26.0 Å². The summed E-state index contributed by atoms with van der Waals surface area (Å²) < 4.78 is 7.29. The van der Waals surface area contributed by atoms with Crippen molar-refractivity contribution in [3.05, 3.63) is 107 Å². The van der Waals surface area contributed by atoms with Gasteiger partial charge in [-0.3, -0.25) is 0 Å². The molecule has 3 aromatic carbocycles. The SMILES string of the molecule is I/C(=C1/OC(=NCc2ccccc2)c2ccccc21)c1ccccc1. The molecule has 0 saturated carbocycles. The monoisotopic (exact) mass is 437 g/mol. The summed E-state index contributed by atoms with van der Waals surface area (Å²) >= 11 is 2.36. The molecule has 3 aromatic rings. The summed E-state index contributed by atoms with van der Waals surface area (Å²) in [6, 6.07) is 28.8. The molecule has 0 bridgehead atoms. The number of hydrogen-bond donors (Lipinski definition) is 0. The second-order valence-electron chi connectivity index (χ2n) is 5.76. The van der Waals surface area contributed by atoms with E-state index in [-0.39, 0.29) is 0 Å². The quantitative estimate of drug-likeness (QED) is 0.466. The lowest BCUT2D eigenvalue weighted by Crippen LogP contribution is -1.98. The Morgan fingerprint density at radius 2 is 1.36 bits per heavy atom. The number of benzene rings is 3. The van der Waals surface area contributed by atoms with Gasteiger partial charge in [-0.1, -0.05) is 78.9 Å². The Balaban J connectivity index is 1.73. The van der Waals surface area contributed by atoms with Gasteiger partial charge in [-0.05, 0) is 39.8 Å². The number of hydrogen-bond acceptors (Lipinski definition) is 2. The summed E-state index contributed by atoms with van der Waals surface area (Å²) in [7, 11) is 0. The van der Waals surface area contributed by atoms with Gasteiger partial charge in [0.15, 0.2) is 5.76 Å². The first kappa shape index (κ1) is 16.1. The summed E-state index contributed by atoms with van der Waals surface area (Å²) in [6.07, 6.45) is 0. The molecule has 1 aliphatic rings. The van der Waals surface area contributed by atoms with E-state index in [4.69, 9.17) is 9.73 Å². The van der Waals surface area contributed by atoms with Crippen LogP contribution in [-0.4, -0.2) is 5.90 Å². The highest BCUT2D eigenvalue weighted by Gasteiger charge is 2.26. The highest BCUT2D eigenvalue weighted by molar-refractivity contribution is 14.1. The summed E-state index contributed by atoms with van der Waals surface area (Å²) in [5.74, 6) is 1.58. The van der Waals surface area contributed by atoms with Crippen LogP contribution in [0.5, 0.6) is 0 Å². The van der Waals surface area contributed by atoms with Crippen LogP contribution >= 0.6 is 22.6 Å². The first-order valence-corrected chi connectivity index (χ1v) is 9.22. The fourth-order valence-electron chi connectivity index (χ4n) is 2.82. The average molecular weight is 437 g/mol. The summed E-state index contributed by atoms with van der Waals surface area (Å²) in [4.78, 5) is 4.72. The van der Waals surface area contributed by atoms with E-state index >= 15 is 0 Å². The zero-order valence-corrected chi connectivity index (χ0v) is 15.7. The van der Waals surface area contributed by atoms with Crippen LogP contribution in [0, 0.1) is 0 Å². The van der Waals surface area contributed by atoms with E-state index in [1.54, 1.807) is 0 Å². The lowest BCUT2D eigenvalue weighted by atomic mass is 10.1. The van der Waals surface area contributed by atoms with Crippen molar-refractivity contribution in [3.8, 4) is 0 Å². The van der Waals surface area contributed by atoms with Gasteiger partial charge in [-0.25, -0.2) is 4.99 Å². The lowest BCUT2D eigenvalue weighted by Gasteiger charge is -2.05. The molecule has 25 heavy (non-hydrogen) atoms. The van der Waals surface area contributed by atoms with Gasteiger partial charge in [0.25, 0.3) is 0 Å². The number of rotatable bonds is 3. The molecule has 0 unspecified atom stereocenters. The Morgan fingerprint density at radius 3 is 2.08 bits per heavy atom. The van der Waals surface area contributed by atoms with Crippen LogP contribution in [0.15, 0.2) is 89.9 Å². The topological polar surface area (TPSA) is 21.6 Å². The number of aliphatic imine (C=N–C) groups is 1. The zero-order chi connectivity index (χ0) is 17.1. The number of fused-ring (bicyclic) bond motifs is 1. The Labute approximate surface area is 161 Å². The van der Waals surface area contributed by atoms with Crippen LogP contribution in [0.1, 0.15) is 22.3 Å². The second-order valence-corrected chi connectivity index (χ2v) is 6.84. The van der Waals surface area contributed by atoms with E-state index < -0.39 is 0 Å². The van der Waals surface area contributed by atoms with Crippen molar-refractivity contribution in [1.82, 2.24) is 0 Å². The Morgan fingerprint density at radius 1 is 0.760 bits per heavy atom. The minimum atomic E-state index is 0.611. The Kier molecular flexibility index (Phi) is 4.65. The first-order valence-electron chi connectivity index (χ1n) is 8.14. The molecule has 0 N–H and O–H groups in total. The minimum Gasteiger partial charge on any atom is -0.437 e. The third-order valence-electron chi connectivity index (χ3n) is 4.08. The molecular formula is C22H16INO. The standard InChI is InChI=1S/C22H16INO/c23-20(17-11-5-2-6-12-17)21-18-13-7-8-14-19(18)22(25-21)24-15-16-9-3-1-4-10-16/h1-14H,15H2/b21-20+,24-22?. The van der Waals surface area contributed by atoms with Crippen molar-refractivity contribution >= 4 is 37.8 Å². The maximum absolute atomic E-state index is 6.19. The molecule has 0 saturated heterocycles. The largest absolute Gasteiger partial charge is 0.437 e. The van der Waals surface area contributed by atoms with Crippen molar-refractivity contribution < 1.29 is 4.74 Å². The van der Waals surface area contributed by atoms with Crippen LogP contribution in [-0.2, 0) is 11.3 Å². The van der Waals surface area contributed by atoms with Gasteiger partial charge in [-0.15, -0.1) is 0 Å². The molecule has 0 amide bonds. The van der Waals surface area contributed by atoms with E-state index in [1.165, 1.54) is 5.56 Å². The predicted octanol–water partition coefficient (Wildman–Crippen LogP) is 5.92. The summed E-state index contributed by atoms with van der Waals surface area (Å²) in [6.45, 7) is 0.611. The maximum atomic E-state index is 6.19. The van der Waals surface area contributed by atoms with E-state index in [1.807, 2.05) is 48.5 Å². The smallest absolute Gasteiger partial charge is 0.223 e. The molecule has 1 heterocycles. The average Bonchev–Trinajstić information content (AvgIpc) is 3.06. The molecular weight excluding hydrogens is 421 g/mol. The van der Waals surface area contributed by atoms with Gasteiger partial charge in [0.1, 0.15) is 0 Å². The van der Waals surface area contributed by atoms with Gasteiger partial charge < -0.3 is 4.74 Å². The molecule has 1 aliphatic heterocycles. The molecule has 4 rings (SSSR count). The molecule has 122 valence electrons. The van der Waals surface area contributed by atoms with E-state index in [9.17, 15) is 0 Å². The van der Waals surface area contributed by atoms with Gasteiger partial charge >= 0.3 is 0 Å². The van der Waals surface area contributed by atoms with Crippen LogP contribution in [0.3, 0.4) is 0 Å². The van der Waals surface area contributed by atoms with Gasteiger partial charge in [0, 0.05) is 11.1 Å². The molecule has 0 radical (unpaired) electrons. The molecule has 2 nitrogen and oxygen atoms in total. The normalized spacial score (nSPS) is 16.4. The second kappa shape index (κ2) is 7.23. The van der Waals surface area contributed by atoms with E-state index in [0.29, 0.717) is 12.4 Å². The summed E-state index contributed by atoms with van der Waals surface area (Å²) in [5, 5.41) is 0. The van der Waals surface area contributed by atoms with E-state index in [2.05, 4.69) is 59.0 Å². The molecule has 0 aliphatic carbocycles. The van der Waals surface area contributed by atoms with Crippen molar-refractivity contribution in [2.45, 2.75) is 6.54 Å². The highest BCUT2D eigenvalue weighted by atomic mass is 127. The third-order valence-corrected chi connectivity index (χ3v) is 5.19. The number of ether oxygens (including phenoxy) is 1. The predicted molar refractivity (Wildman–Crippen MR) is 111 cm³/mol. The molecule has 3 heteroatoms. The highest BCUT2D eigenvalue weighted by Crippen LogP contribution is 2.39. The molecule has 0 fully saturated rings. The Hall–Kier alpha value is -2.40. The van der Waals surface area contributed by atoms with Gasteiger partial charge in [0.05, 0.1) is 10.1 Å².